The lowest BCUT2D eigenvalue weighted by molar-refractivity contribution is 0.534. The van der Waals surface area contributed by atoms with E-state index < -0.39 is 10.7 Å². The monoisotopic (exact) mass is 331 g/mol. The Hall–Kier alpha value is -2.47. The van der Waals surface area contributed by atoms with Gasteiger partial charge in [-0.15, -0.1) is 0 Å². The van der Waals surface area contributed by atoms with Crippen LogP contribution in [0, 0.1) is 12.7 Å². The molecule has 1 heterocycles. The van der Waals surface area contributed by atoms with Crippen LogP contribution in [-0.2, 0) is 16.5 Å². The Balaban J connectivity index is 2.01. The molecule has 0 aliphatic carbocycles. The quantitative estimate of drug-likeness (QED) is 0.743. The van der Waals surface area contributed by atoms with E-state index in [2.05, 4.69) is 4.98 Å². The minimum Gasteiger partial charge on any atom is -0.440 e. The van der Waals surface area contributed by atoms with Crippen LogP contribution in [0.4, 0.5) is 4.39 Å². The second kappa shape index (κ2) is 6.34. The van der Waals surface area contributed by atoms with Crippen LogP contribution in [-0.4, -0.2) is 13.4 Å². The van der Waals surface area contributed by atoms with Crippen molar-refractivity contribution in [3.05, 3.63) is 65.8 Å². The summed E-state index contributed by atoms with van der Waals surface area (Å²) in [6.07, 6.45) is 0. The first-order valence-corrected chi connectivity index (χ1v) is 8.33. The first kappa shape index (κ1) is 15.4. The maximum atomic E-state index is 13.1. The van der Waals surface area contributed by atoms with Gasteiger partial charge in [0.15, 0.2) is 11.7 Å². The molecule has 23 heavy (non-hydrogen) atoms. The fourth-order valence-corrected chi connectivity index (χ4v) is 2.85. The fraction of sp³-hybridized carbons (Fsp3) is 0.118. The van der Waals surface area contributed by atoms with Gasteiger partial charge in [-0.3, -0.25) is 0 Å². The number of hydrogen-bond donors (Lipinski definition) is 1. The van der Waals surface area contributed by atoms with Crippen molar-refractivity contribution in [2.24, 2.45) is 0 Å². The van der Waals surface area contributed by atoms with Gasteiger partial charge in [-0.25, -0.2) is 17.8 Å². The third kappa shape index (κ3) is 3.48. The Labute approximate surface area is 134 Å². The van der Waals surface area contributed by atoms with Gasteiger partial charge in [0.05, 0.1) is 5.75 Å². The van der Waals surface area contributed by atoms with Crippen LogP contribution in [0.2, 0.25) is 0 Å². The SMILES string of the molecule is Cc1nc(-c2ccc(F)cc2)c(-c2ccc(C[SH](=O)=O)cc2)o1. The summed E-state index contributed by atoms with van der Waals surface area (Å²) in [4.78, 5) is 4.37. The van der Waals surface area contributed by atoms with Crippen molar-refractivity contribution in [1.29, 1.82) is 0 Å². The fourth-order valence-electron chi connectivity index (χ4n) is 2.34. The van der Waals surface area contributed by atoms with E-state index in [9.17, 15) is 12.8 Å². The first-order chi connectivity index (χ1) is 11.0. The zero-order valence-electron chi connectivity index (χ0n) is 12.3. The molecule has 0 N–H and O–H groups in total. The normalized spacial score (nSPS) is 11.1. The van der Waals surface area contributed by atoms with Crippen molar-refractivity contribution in [3.8, 4) is 22.6 Å². The molecule has 0 fully saturated rings. The molecule has 0 atom stereocenters. The van der Waals surface area contributed by atoms with Gasteiger partial charge >= 0.3 is 0 Å². The third-order valence-corrected chi connectivity index (χ3v) is 4.00. The predicted molar refractivity (Wildman–Crippen MR) is 86.1 cm³/mol. The van der Waals surface area contributed by atoms with E-state index in [1.807, 2.05) is 0 Å². The smallest absolute Gasteiger partial charge is 0.192 e. The average Bonchev–Trinajstić information content (AvgIpc) is 2.90. The lowest BCUT2D eigenvalue weighted by Crippen LogP contribution is -1.87. The van der Waals surface area contributed by atoms with Crippen molar-refractivity contribution in [2.75, 3.05) is 0 Å². The molecule has 6 heteroatoms. The first-order valence-electron chi connectivity index (χ1n) is 6.97. The summed E-state index contributed by atoms with van der Waals surface area (Å²) >= 11 is 0. The maximum absolute atomic E-state index is 13.1. The predicted octanol–water partition coefficient (Wildman–Crippen LogP) is 3.57. The Morgan fingerprint density at radius 3 is 2.22 bits per heavy atom. The summed E-state index contributed by atoms with van der Waals surface area (Å²) in [6, 6.07) is 13.1. The van der Waals surface area contributed by atoms with Gasteiger partial charge < -0.3 is 4.42 Å². The van der Waals surface area contributed by atoms with Gasteiger partial charge in [-0.2, -0.15) is 0 Å². The third-order valence-electron chi connectivity index (χ3n) is 3.38. The molecular formula is C17H14FNO3S. The van der Waals surface area contributed by atoms with E-state index >= 15 is 0 Å². The average molecular weight is 331 g/mol. The molecule has 0 unspecified atom stereocenters. The van der Waals surface area contributed by atoms with Crippen molar-refractivity contribution >= 4 is 10.7 Å². The van der Waals surface area contributed by atoms with E-state index in [0.29, 0.717) is 22.9 Å². The van der Waals surface area contributed by atoms with Crippen LogP contribution in [0.1, 0.15) is 11.5 Å². The van der Waals surface area contributed by atoms with E-state index in [-0.39, 0.29) is 11.6 Å². The summed E-state index contributed by atoms with van der Waals surface area (Å²) in [5, 5.41) is 0. The number of nitrogens with zero attached hydrogens (tertiary/aromatic N) is 1. The summed E-state index contributed by atoms with van der Waals surface area (Å²) in [5.74, 6) is 0.778. The Morgan fingerprint density at radius 1 is 1.00 bits per heavy atom. The van der Waals surface area contributed by atoms with E-state index in [0.717, 1.165) is 11.1 Å². The Kier molecular flexibility index (Phi) is 4.25. The molecule has 0 spiro atoms. The topological polar surface area (TPSA) is 60.2 Å². The van der Waals surface area contributed by atoms with E-state index in [4.69, 9.17) is 4.42 Å². The molecule has 2 aromatic carbocycles. The second-order valence-electron chi connectivity index (χ2n) is 5.11. The van der Waals surface area contributed by atoms with Crippen LogP contribution in [0.25, 0.3) is 22.6 Å². The molecule has 3 rings (SSSR count). The molecule has 0 radical (unpaired) electrons. The maximum Gasteiger partial charge on any atom is 0.192 e. The largest absolute Gasteiger partial charge is 0.440 e. The highest BCUT2D eigenvalue weighted by molar-refractivity contribution is 7.71. The molecule has 118 valence electrons. The minimum atomic E-state index is -2.45. The molecule has 0 saturated carbocycles. The number of thiol groups is 1. The summed E-state index contributed by atoms with van der Waals surface area (Å²) < 4.78 is 40.3. The zero-order valence-corrected chi connectivity index (χ0v) is 13.2. The lowest BCUT2D eigenvalue weighted by atomic mass is 10.0. The van der Waals surface area contributed by atoms with Gasteiger partial charge in [0.2, 0.25) is 0 Å². The van der Waals surface area contributed by atoms with E-state index in [1.165, 1.54) is 12.1 Å². The molecule has 0 aliphatic rings. The standard InChI is InChI=1S/C17H14FNO3S/c1-11-19-16(13-6-8-15(18)9-7-13)17(22-11)14-4-2-12(3-5-14)10-23(20)21/h2-9,23H,10H2,1H3. The molecular weight excluding hydrogens is 317 g/mol. The molecule has 4 nitrogen and oxygen atoms in total. The number of rotatable bonds is 4. The van der Waals surface area contributed by atoms with Gasteiger partial charge in [-0.1, -0.05) is 24.3 Å². The zero-order chi connectivity index (χ0) is 16.4. The highest BCUT2D eigenvalue weighted by Gasteiger charge is 2.15. The number of oxazole rings is 1. The van der Waals surface area contributed by atoms with Gasteiger partial charge in [-0.05, 0) is 29.8 Å². The molecule has 0 aliphatic heterocycles. The molecule has 3 aromatic rings. The number of aryl methyl sites for hydroxylation is 1. The summed E-state index contributed by atoms with van der Waals surface area (Å²) in [5.41, 5.74) is 2.88. The van der Waals surface area contributed by atoms with Crippen LogP contribution in [0.3, 0.4) is 0 Å². The highest BCUT2D eigenvalue weighted by atomic mass is 32.2. The van der Waals surface area contributed by atoms with Crippen molar-refractivity contribution in [1.82, 2.24) is 4.98 Å². The van der Waals surface area contributed by atoms with Crippen molar-refractivity contribution in [2.45, 2.75) is 12.7 Å². The van der Waals surface area contributed by atoms with E-state index in [1.54, 1.807) is 43.3 Å². The molecule has 1 aromatic heterocycles. The second-order valence-corrected chi connectivity index (χ2v) is 6.09. The Bertz CT molecular complexity index is 889. The van der Waals surface area contributed by atoms with Crippen LogP contribution in [0.15, 0.2) is 52.9 Å². The molecule has 0 amide bonds. The number of halogens is 1. The number of benzene rings is 2. The van der Waals surface area contributed by atoms with Crippen LogP contribution in [0.5, 0.6) is 0 Å². The van der Waals surface area contributed by atoms with Gasteiger partial charge in [0.25, 0.3) is 0 Å². The Morgan fingerprint density at radius 2 is 1.61 bits per heavy atom. The van der Waals surface area contributed by atoms with Crippen molar-refractivity contribution in [3.63, 3.8) is 0 Å². The van der Waals surface area contributed by atoms with Gasteiger partial charge in [0.1, 0.15) is 22.2 Å². The summed E-state index contributed by atoms with van der Waals surface area (Å²) in [6.45, 7) is 1.74. The molecule has 0 bridgehead atoms. The summed E-state index contributed by atoms with van der Waals surface area (Å²) in [7, 11) is -2.45. The lowest BCUT2D eigenvalue weighted by Gasteiger charge is -2.03. The molecule has 0 saturated heterocycles. The van der Waals surface area contributed by atoms with Crippen LogP contribution < -0.4 is 0 Å². The van der Waals surface area contributed by atoms with Gasteiger partial charge in [0, 0.05) is 18.1 Å². The highest BCUT2D eigenvalue weighted by Crippen LogP contribution is 2.32. The number of aromatic nitrogens is 1. The minimum absolute atomic E-state index is 0.00979. The number of hydrogen-bond acceptors (Lipinski definition) is 4. The van der Waals surface area contributed by atoms with Crippen molar-refractivity contribution < 1.29 is 17.2 Å². The van der Waals surface area contributed by atoms with Crippen LogP contribution >= 0.6 is 0 Å².